The van der Waals surface area contributed by atoms with Gasteiger partial charge in [-0.2, -0.15) is 10.1 Å². The molecule has 0 bridgehead atoms. The lowest BCUT2D eigenvalue weighted by atomic mass is 10.00. The van der Waals surface area contributed by atoms with Crippen molar-refractivity contribution >= 4 is 45.3 Å². The summed E-state index contributed by atoms with van der Waals surface area (Å²) in [5, 5.41) is 15.2. The Morgan fingerprint density at radius 1 is 0.974 bits per heavy atom. The number of hydrogen-bond acceptors (Lipinski definition) is 5. The molecule has 0 aromatic heterocycles. The Kier molecular flexibility index (Phi) is 7.56. The maximum atomic E-state index is 13.6. The number of rotatable bonds is 8. The number of ether oxygens (including phenoxy) is 2. The van der Waals surface area contributed by atoms with Gasteiger partial charge in [0.15, 0.2) is 11.5 Å². The molecule has 5 rings (SSSR count). The first-order valence-electron chi connectivity index (χ1n) is 12.0. The zero-order valence-corrected chi connectivity index (χ0v) is 22.5. The van der Waals surface area contributed by atoms with E-state index in [1.165, 1.54) is 17.1 Å². The fraction of sp³-hybridized carbons (Fsp3) is 0.0645. The molecule has 7 nitrogen and oxygen atoms in total. The highest BCUT2D eigenvalue weighted by molar-refractivity contribution is 9.10. The maximum Gasteiger partial charge on any atom is 0.335 e. The maximum absolute atomic E-state index is 13.6. The van der Waals surface area contributed by atoms with Gasteiger partial charge in [-0.1, -0.05) is 60.7 Å². The number of hydrogen-bond donors (Lipinski definition) is 1. The Labute approximate surface area is 233 Å². The van der Waals surface area contributed by atoms with Gasteiger partial charge >= 0.3 is 5.97 Å². The van der Waals surface area contributed by atoms with E-state index < -0.39 is 5.97 Å². The van der Waals surface area contributed by atoms with Crippen molar-refractivity contribution in [3.63, 3.8) is 0 Å². The first-order chi connectivity index (χ1) is 18.9. The van der Waals surface area contributed by atoms with Crippen LogP contribution in [0.4, 0.5) is 5.69 Å². The number of carbonyl (C=O) groups excluding carboxylic acids is 1. The lowest BCUT2D eigenvalue weighted by Gasteiger charge is -2.14. The van der Waals surface area contributed by atoms with Gasteiger partial charge in [0.25, 0.3) is 5.91 Å². The highest BCUT2D eigenvalue weighted by Crippen LogP contribution is 2.38. The second kappa shape index (κ2) is 11.4. The Morgan fingerprint density at radius 2 is 1.64 bits per heavy atom. The average Bonchev–Trinajstić information content (AvgIpc) is 3.28. The fourth-order valence-corrected chi connectivity index (χ4v) is 4.70. The van der Waals surface area contributed by atoms with Crippen molar-refractivity contribution in [2.75, 3.05) is 12.1 Å². The predicted molar refractivity (Wildman–Crippen MR) is 153 cm³/mol. The number of hydrazone groups is 1. The Balaban J connectivity index is 1.46. The quantitative estimate of drug-likeness (QED) is 0.237. The molecular formula is C31H23BrN2O5. The van der Waals surface area contributed by atoms with Crippen molar-refractivity contribution in [2.45, 2.75) is 6.61 Å². The van der Waals surface area contributed by atoms with E-state index in [2.05, 4.69) is 21.0 Å². The summed E-state index contributed by atoms with van der Waals surface area (Å²) in [4.78, 5) is 24.7. The molecule has 1 aliphatic rings. The number of benzene rings is 4. The molecule has 1 amide bonds. The molecule has 0 unspecified atom stereocenters. The average molecular weight is 583 g/mol. The van der Waals surface area contributed by atoms with Crippen molar-refractivity contribution in [1.29, 1.82) is 0 Å². The third-order valence-corrected chi connectivity index (χ3v) is 6.66. The lowest BCUT2D eigenvalue weighted by molar-refractivity contribution is -0.114. The highest BCUT2D eigenvalue weighted by Gasteiger charge is 2.32. The van der Waals surface area contributed by atoms with E-state index in [-0.39, 0.29) is 18.1 Å². The van der Waals surface area contributed by atoms with E-state index in [1.807, 2.05) is 66.7 Å². The third kappa shape index (κ3) is 5.61. The van der Waals surface area contributed by atoms with Crippen LogP contribution in [0.3, 0.4) is 0 Å². The monoisotopic (exact) mass is 582 g/mol. The second-order valence-corrected chi connectivity index (χ2v) is 9.50. The molecule has 1 heterocycles. The highest BCUT2D eigenvalue weighted by atomic mass is 79.9. The van der Waals surface area contributed by atoms with Crippen molar-refractivity contribution in [3.8, 4) is 11.5 Å². The summed E-state index contributed by atoms with van der Waals surface area (Å²) in [6, 6.07) is 29.0. The second-order valence-electron chi connectivity index (χ2n) is 8.65. The van der Waals surface area contributed by atoms with Gasteiger partial charge in [0, 0.05) is 5.56 Å². The number of para-hydroxylation sites is 1. The summed E-state index contributed by atoms with van der Waals surface area (Å²) in [6.45, 7) is 0.213. The van der Waals surface area contributed by atoms with E-state index >= 15 is 0 Å². The molecule has 4 aromatic rings. The first kappa shape index (κ1) is 25.9. The van der Waals surface area contributed by atoms with Gasteiger partial charge < -0.3 is 14.6 Å². The number of carboxylic acid groups (broad SMARTS) is 1. The number of halogens is 1. The van der Waals surface area contributed by atoms with Crippen molar-refractivity contribution in [2.24, 2.45) is 5.10 Å². The minimum absolute atomic E-state index is 0.209. The predicted octanol–water partition coefficient (Wildman–Crippen LogP) is 6.57. The van der Waals surface area contributed by atoms with Crippen LogP contribution < -0.4 is 14.5 Å². The molecule has 0 saturated heterocycles. The standard InChI is InChI=1S/C31H23BrN2O5/c1-38-27-18-21(17-26(32)29(27)39-19-20-12-14-23(15-13-20)31(36)37)16-25-28(22-8-4-2-5-9-22)33-34(30(25)35)24-10-6-3-7-11-24/h2-18H,19H2,1H3,(H,36,37)/b25-16-. The van der Waals surface area contributed by atoms with Crippen molar-refractivity contribution < 1.29 is 24.2 Å². The molecule has 0 radical (unpaired) electrons. The zero-order chi connectivity index (χ0) is 27.4. The number of carbonyl (C=O) groups is 2. The van der Waals surface area contributed by atoms with Crippen LogP contribution in [-0.4, -0.2) is 29.8 Å². The summed E-state index contributed by atoms with van der Waals surface area (Å²) >= 11 is 3.58. The first-order valence-corrected chi connectivity index (χ1v) is 12.8. The number of nitrogens with zero attached hydrogens (tertiary/aromatic N) is 2. The normalized spacial score (nSPS) is 13.9. The number of aromatic carboxylic acids is 1. The number of anilines is 1. The van der Waals surface area contributed by atoms with Gasteiger partial charge in [-0.25, -0.2) is 4.79 Å². The summed E-state index contributed by atoms with van der Waals surface area (Å²) in [6.07, 6.45) is 1.79. The van der Waals surface area contributed by atoms with E-state index in [4.69, 9.17) is 14.6 Å². The topological polar surface area (TPSA) is 88.4 Å². The van der Waals surface area contributed by atoms with Crippen molar-refractivity contribution in [3.05, 3.63) is 129 Å². The minimum Gasteiger partial charge on any atom is -0.493 e. The van der Waals surface area contributed by atoms with Gasteiger partial charge in [0.1, 0.15) is 12.3 Å². The van der Waals surface area contributed by atoms with Crippen molar-refractivity contribution in [1.82, 2.24) is 0 Å². The summed E-state index contributed by atoms with van der Waals surface area (Å²) < 4.78 is 12.3. The number of methoxy groups -OCH3 is 1. The van der Waals surface area contributed by atoms with E-state index in [0.717, 1.165) is 16.7 Å². The van der Waals surface area contributed by atoms with Crippen LogP contribution in [0.15, 0.2) is 112 Å². The van der Waals surface area contributed by atoms with E-state index in [9.17, 15) is 9.59 Å². The smallest absolute Gasteiger partial charge is 0.335 e. The van der Waals surface area contributed by atoms with Gasteiger partial charge in [-0.05, 0) is 69.5 Å². The van der Waals surface area contributed by atoms with E-state index in [0.29, 0.717) is 32.9 Å². The van der Waals surface area contributed by atoms with Gasteiger partial charge in [0.05, 0.1) is 28.4 Å². The van der Waals surface area contributed by atoms with Gasteiger partial charge in [-0.3, -0.25) is 4.79 Å². The molecule has 194 valence electrons. The number of carboxylic acids is 1. The molecular weight excluding hydrogens is 560 g/mol. The fourth-order valence-electron chi connectivity index (χ4n) is 4.13. The molecule has 4 aromatic carbocycles. The van der Waals surface area contributed by atoms with Gasteiger partial charge in [-0.15, -0.1) is 0 Å². The SMILES string of the molecule is COc1cc(/C=C2\C(=O)N(c3ccccc3)N=C2c2ccccc2)cc(Br)c1OCc1ccc(C(=O)O)cc1. The summed E-state index contributed by atoms with van der Waals surface area (Å²) in [7, 11) is 1.54. The van der Waals surface area contributed by atoms with Crippen LogP contribution in [0.2, 0.25) is 0 Å². The van der Waals surface area contributed by atoms with Crippen LogP contribution in [0.1, 0.15) is 27.0 Å². The third-order valence-electron chi connectivity index (χ3n) is 6.07. The molecule has 0 fully saturated rings. The Hall–Kier alpha value is -4.69. The molecule has 0 saturated carbocycles. The molecule has 1 aliphatic heterocycles. The molecule has 39 heavy (non-hydrogen) atoms. The van der Waals surface area contributed by atoms with E-state index in [1.54, 1.807) is 31.4 Å². The number of amides is 1. The van der Waals surface area contributed by atoms with Crippen LogP contribution >= 0.6 is 15.9 Å². The largest absolute Gasteiger partial charge is 0.493 e. The van der Waals surface area contributed by atoms with Crippen LogP contribution in [0.25, 0.3) is 6.08 Å². The summed E-state index contributed by atoms with van der Waals surface area (Å²) in [5.41, 5.74) is 4.27. The lowest BCUT2D eigenvalue weighted by Crippen LogP contribution is -2.21. The molecule has 8 heteroatoms. The molecule has 0 spiro atoms. The summed E-state index contributed by atoms with van der Waals surface area (Å²) in [5.74, 6) is -0.255. The van der Waals surface area contributed by atoms with Gasteiger partial charge in [0.2, 0.25) is 0 Å². The van der Waals surface area contributed by atoms with Crippen LogP contribution in [-0.2, 0) is 11.4 Å². The Morgan fingerprint density at radius 3 is 2.28 bits per heavy atom. The zero-order valence-electron chi connectivity index (χ0n) is 20.9. The van der Waals surface area contributed by atoms with Crippen LogP contribution in [0.5, 0.6) is 11.5 Å². The molecule has 0 atom stereocenters. The molecule has 1 N–H and O–H groups in total. The molecule has 0 aliphatic carbocycles. The minimum atomic E-state index is -0.982. The van der Waals surface area contributed by atoms with Crippen LogP contribution in [0, 0.1) is 0 Å². The Bertz CT molecular complexity index is 1580.